The number of aliphatic hydroxyl groups is 1. The molecule has 0 bridgehead atoms. The zero-order chi connectivity index (χ0) is 24.1. The smallest absolute Gasteiger partial charge is 0.221 e. The quantitative estimate of drug-likeness (QED) is 0.572. The van der Waals surface area contributed by atoms with E-state index >= 15 is 8.78 Å². The van der Waals surface area contributed by atoms with Gasteiger partial charge in [0, 0.05) is 23.7 Å². The number of hydrogen-bond donors (Lipinski definition) is 2. The molecule has 0 amide bonds. The van der Waals surface area contributed by atoms with E-state index in [9.17, 15) is 13.5 Å². The first kappa shape index (κ1) is 23.1. The second kappa shape index (κ2) is 8.51. The lowest BCUT2D eigenvalue weighted by Gasteiger charge is -2.44. The zero-order valence-corrected chi connectivity index (χ0v) is 19.5. The molecule has 1 aliphatic carbocycles. The third-order valence-electron chi connectivity index (χ3n) is 7.21. The molecule has 10 heteroatoms. The molecule has 3 aromatic rings. The van der Waals surface area contributed by atoms with Crippen molar-refractivity contribution in [2.75, 3.05) is 0 Å². The van der Waals surface area contributed by atoms with E-state index in [1.54, 1.807) is 31.2 Å². The minimum atomic E-state index is -3.78. The summed E-state index contributed by atoms with van der Waals surface area (Å²) >= 11 is 0. The van der Waals surface area contributed by atoms with Crippen LogP contribution >= 0.6 is 0 Å². The van der Waals surface area contributed by atoms with Gasteiger partial charge in [0.25, 0.3) is 0 Å². The molecule has 2 atom stereocenters. The van der Waals surface area contributed by atoms with Crippen molar-refractivity contribution < 1.29 is 22.3 Å². The van der Waals surface area contributed by atoms with Gasteiger partial charge < -0.3 is 10.1 Å². The van der Waals surface area contributed by atoms with E-state index in [2.05, 4.69) is 15.2 Å². The lowest BCUT2D eigenvalue weighted by atomic mass is 9.62. The highest BCUT2D eigenvalue weighted by Crippen LogP contribution is 2.49. The number of halogens is 2. The summed E-state index contributed by atoms with van der Waals surface area (Å²) in [5, 5.41) is 16.9. The Labute approximate surface area is 196 Å². The summed E-state index contributed by atoms with van der Waals surface area (Å²) < 4.78 is 58.9. The lowest BCUT2D eigenvalue weighted by molar-refractivity contribution is 0.0320. The second-order valence-corrected chi connectivity index (χ2v) is 11.4. The van der Waals surface area contributed by atoms with Crippen molar-refractivity contribution in [2.45, 2.75) is 62.0 Å². The molecule has 2 heterocycles. The fourth-order valence-electron chi connectivity index (χ4n) is 5.32. The molecule has 0 radical (unpaired) electrons. The summed E-state index contributed by atoms with van der Waals surface area (Å²) in [6.45, 7) is 1.53. The van der Waals surface area contributed by atoms with Crippen molar-refractivity contribution in [1.29, 1.82) is 0 Å². The second-order valence-electron chi connectivity index (χ2n) is 9.32. The number of hydrogen-bond acceptors (Lipinski definition) is 5. The Morgan fingerprint density at radius 1 is 1.15 bits per heavy atom. The van der Waals surface area contributed by atoms with Crippen molar-refractivity contribution in [3.05, 3.63) is 82.9 Å². The van der Waals surface area contributed by atoms with E-state index in [0.29, 0.717) is 24.2 Å². The van der Waals surface area contributed by atoms with Crippen molar-refractivity contribution in [1.82, 2.24) is 19.5 Å². The Balaban J connectivity index is 1.48. The van der Waals surface area contributed by atoms with Gasteiger partial charge in [-0.1, -0.05) is 30.3 Å². The summed E-state index contributed by atoms with van der Waals surface area (Å²) in [6, 6.07) is 10.8. The molecule has 1 saturated heterocycles. The van der Waals surface area contributed by atoms with Gasteiger partial charge in [0.15, 0.2) is 0 Å². The van der Waals surface area contributed by atoms with Crippen LogP contribution in [0.5, 0.6) is 0 Å². The number of nitrogens with one attached hydrogen (secondary N) is 1. The topological polar surface area (TPSA) is 99.2 Å². The molecular weight excluding hydrogens is 462 g/mol. The Morgan fingerprint density at radius 2 is 1.88 bits per heavy atom. The number of sulfonamides is 1. The number of nitrogens with zero attached hydrogens (tertiary/aromatic N) is 3. The molecule has 1 saturated carbocycles. The van der Waals surface area contributed by atoms with E-state index in [0.717, 1.165) is 12.1 Å². The normalized spacial score (nSPS) is 29.0. The maximum Gasteiger partial charge on any atom is 0.221 e. The highest BCUT2D eigenvalue weighted by atomic mass is 32.2. The first-order valence-electron chi connectivity index (χ1n) is 11.3. The fourth-order valence-corrected chi connectivity index (χ4v) is 7.51. The van der Waals surface area contributed by atoms with E-state index in [1.807, 2.05) is 6.07 Å². The summed E-state index contributed by atoms with van der Waals surface area (Å²) in [5.41, 5.74) is -0.258. The van der Waals surface area contributed by atoms with Crippen LogP contribution in [0.2, 0.25) is 0 Å². The van der Waals surface area contributed by atoms with Gasteiger partial charge in [-0.05, 0) is 50.3 Å². The van der Waals surface area contributed by atoms with E-state index in [-0.39, 0.29) is 36.6 Å². The van der Waals surface area contributed by atoms with Crippen LogP contribution in [-0.4, -0.2) is 45.2 Å². The maximum atomic E-state index is 15.4. The third kappa shape index (κ3) is 3.73. The predicted molar refractivity (Wildman–Crippen MR) is 121 cm³/mol. The molecule has 0 spiro atoms. The van der Waals surface area contributed by atoms with Gasteiger partial charge in [0.2, 0.25) is 10.0 Å². The van der Waals surface area contributed by atoms with Crippen LogP contribution in [0.15, 0.2) is 48.8 Å². The molecule has 2 fully saturated rings. The van der Waals surface area contributed by atoms with Crippen molar-refractivity contribution >= 4 is 10.0 Å². The maximum absolute atomic E-state index is 15.4. The SMILES string of the molecule is C[C@H]1CC[C@H](c2ccccc2)S(=O)(=O)N1Cc1cc(F)c([C@]2(c3nnc[nH]3)C[C@@H](O)C2)cc1F. The summed E-state index contributed by atoms with van der Waals surface area (Å²) in [6.07, 6.45) is 2.18. The third-order valence-corrected chi connectivity index (χ3v) is 9.58. The molecule has 1 aliphatic heterocycles. The Hall–Kier alpha value is -2.69. The highest BCUT2D eigenvalue weighted by molar-refractivity contribution is 7.89. The van der Waals surface area contributed by atoms with E-state index < -0.39 is 38.4 Å². The molecule has 2 N–H and O–H groups in total. The first-order valence-corrected chi connectivity index (χ1v) is 12.8. The Morgan fingerprint density at radius 3 is 2.53 bits per heavy atom. The van der Waals surface area contributed by atoms with Crippen LogP contribution in [0, 0.1) is 11.6 Å². The van der Waals surface area contributed by atoms with Crippen molar-refractivity contribution in [3.8, 4) is 0 Å². The largest absolute Gasteiger partial charge is 0.393 e. The van der Waals surface area contributed by atoms with Crippen LogP contribution in [-0.2, 0) is 22.0 Å². The minimum Gasteiger partial charge on any atom is -0.393 e. The van der Waals surface area contributed by atoms with E-state index in [1.165, 1.54) is 10.6 Å². The van der Waals surface area contributed by atoms with Crippen LogP contribution < -0.4 is 0 Å². The number of aromatic amines is 1. The fraction of sp³-hybridized carbons (Fsp3) is 0.417. The molecule has 1 aromatic heterocycles. The van der Waals surface area contributed by atoms with Gasteiger partial charge >= 0.3 is 0 Å². The Kier molecular flexibility index (Phi) is 5.78. The lowest BCUT2D eigenvalue weighted by Crippen LogP contribution is -2.47. The molecular formula is C24H26F2N4O3S. The van der Waals surface area contributed by atoms with Crippen LogP contribution in [0.25, 0.3) is 0 Å². The first-order chi connectivity index (χ1) is 16.2. The van der Waals surface area contributed by atoms with Gasteiger partial charge in [-0.2, -0.15) is 4.31 Å². The van der Waals surface area contributed by atoms with E-state index in [4.69, 9.17) is 0 Å². The summed E-state index contributed by atoms with van der Waals surface area (Å²) in [5.74, 6) is -0.996. The molecule has 0 unspecified atom stereocenters. The number of benzene rings is 2. The van der Waals surface area contributed by atoms with Crippen molar-refractivity contribution in [3.63, 3.8) is 0 Å². The number of aliphatic hydroxyl groups excluding tert-OH is 1. The van der Waals surface area contributed by atoms with Gasteiger partial charge in [-0.3, -0.25) is 0 Å². The van der Waals surface area contributed by atoms with Crippen LogP contribution in [0.1, 0.15) is 60.4 Å². The average Bonchev–Trinajstić information content (AvgIpc) is 3.32. The minimum absolute atomic E-state index is 0.0296. The van der Waals surface area contributed by atoms with Gasteiger partial charge in [0.05, 0.1) is 11.5 Å². The van der Waals surface area contributed by atoms with Gasteiger partial charge in [-0.25, -0.2) is 17.2 Å². The summed E-state index contributed by atoms with van der Waals surface area (Å²) in [4.78, 5) is 2.85. The highest BCUT2D eigenvalue weighted by Gasteiger charge is 2.50. The van der Waals surface area contributed by atoms with Crippen LogP contribution in [0.4, 0.5) is 8.78 Å². The molecule has 180 valence electrons. The molecule has 5 rings (SSSR count). The van der Waals surface area contributed by atoms with Crippen molar-refractivity contribution in [2.24, 2.45) is 0 Å². The average molecular weight is 489 g/mol. The number of aromatic nitrogens is 3. The number of rotatable bonds is 5. The monoisotopic (exact) mass is 488 g/mol. The zero-order valence-electron chi connectivity index (χ0n) is 18.7. The Bertz CT molecular complexity index is 1280. The molecule has 2 aliphatic rings. The van der Waals surface area contributed by atoms with Crippen LogP contribution in [0.3, 0.4) is 0 Å². The number of H-pyrrole nitrogens is 1. The molecule has 34 heavy (non-hydrogen) atoms. The summed E-state index contributed by atoms with van der Waals surface area (Å²) in [7, 11) is -3.78. The molecule has 7 nitrogen and oxygen atoms in total. The van der Waals surface area contributed by atoms with Gasteiger partial charge in [0.1, 0.15) is 29.0 Å². The van der Waals surface area contributed by atoms with Gasteiger partial charge in [-0.15, -0.1) is 10.2 Å². The standard InChI is InChI=1S/C24H26F2N4O3S/c1-15-7-8-22(16-5-3-2-4-6-16)34(32,33)30(15)13-17-9-21(26)19(10-20(17)25)24(11-18(31)12-24)23-27-14-28-29-23/h2-6,9-10,14-15,18,22,31H,7-8,11-13H2,1H3,(H,27,28,29)/t15-,18-,22+,24+/m0/s1. The predicted octanol–water partition coefficient (Wildman–Crippen LogP) is 3.58. The molecule has 2 aromatic carbocycles.